The zero-order chi connectivity index (χ0) is 20.1. The Kier molecular flexibility index (Phi) is 6.88. The van der Waals surface area contributed by atoms with E-state index in [1.54, 1.807) is 9.47 Å². The highest BCUT2D eigenvalue weighted by atomic mass is 16.2. The smallest absolute Gasteiger partial charge is 0.346 e. The number of nitrogens with zero attached hydrogens (tertiary/aromatic N) is 5. The van der Waals surface area contributed by atoms with Crippen molar-refractivity contribution in [1.29, 1.82) is 0 Å². The van der Waals surface area contributed by atoms with Crippen LogP contribution in [0.1, 0.15) is 45.4 Å². The molecule has 2 aliphatic rings. The highest BCUT2D eigenvalue weighted by Gasteiger charge is 2.24. The van der Waals surface area contributed by atoms with E-state index in [-0.39, 0.29) is 30.1 Å². The topological polar surface area (TPSA) is 92.5 Å². The Hall–Kier alpha value is -2.16. The molecule has 1 unspecified atom stereocenters. The molecule has 0 spiro atoms. The molecule has 0 aromatic carbocycles. The quantitative estimate of drug-likeness (QED) is 0.726. The van der Waals surface area contributed by atoms with Crippen molar-refractivity contribution < 1.29 is 9.59 Å². The van der Waals surface area contributed by atoms with Gasteiger partial charge in [0, 0.05) is 45.2 Å². The highest BCUT2D eigenvalue weighted by molar-refractivity contribution is 5.78. The molecule has 28 heavy (non-hydrogen) atoms. The van der Waals surface area contributed by atoms with Gasteiger partial charge in [-0.1, -0.05) is 13.3 Å². The van der Waals surface area contributed by atoms with Crippen molar-refractivity contribution >= 4 is 11.8 Å². The first-order chi connectivity index (χ1) is 13.5. The van der Waals surface area contributed by atoms with Crippen LogP contribution in [0.5, 0.6) is 0 Å². The second kappa shape index (κ2) is 9.36. The zero-order valence-corrected chi connectivity index (χ0v) is 17.0. The molecule has 1 aromatic heterocycles. The lowest BCUT2D eigenvalue weighted by molar-refractivity contribution is -0.134. The standard InChI is InChI=1S/C19H32N6O3/c1-3-15(2)20-17(26)13-22-9-11-23(12-10-22)18(27)14-25-19(28)24-8-6-4-5-7-16(24)21-25/h15H,3-14H2,1-2H3,(H,20,26). The van der Waals surface area contributed by atoms with Crippen LogP contribution in [0.3, 0.4) is 0 Å². The molecule has 0 bridgehead atoms. The summed E-state index contributed by atoms with van der Waals surface area (Å²) in [6.07, 6.45) is 4.84. The van der Waals surface area contributed by atoms with E-state index < -0.39 is 0 Å². The van der Waals surface area contributed by atoms with Crippen LogP contribution in [0, 0.1) is 0 Å². The fourth-order valence-corrected chi connectivity index (χ4v) is 3.74. The summed E-state index contributed by atoms with van der Waals surface area (Å²) in [6.45, 7) is 7.54. The minimum atomic E-state index is -0.175. The van der Waals surface area contributed by atoms with Crippen LogP contribution in [0.2, 0.25) is 0 Å². The molecule has 1 saturated heterocycles. The molecule has 1 aromatic rings. The molecular weight excluding hydrogens is 360 g/mol. The van der Waals surface area contributed by atoms with Crippen molar-refractivity contribution in [2.24, 2.45) is 0 Å². The van der Waals surface area contributed by atoms with E-state index in [1.807, 2.05) is 13.8 Å². The first-order valence-corrected chi connectivity index (χ1v) is 10.4. The number of amides is 2. The Balaban J connectivity index is 1.49. The summed E-state index contributed by atoms with van der Waals surface area (Å²) in [5.74, 6) is 0.742. The lowest BCUT2D eigenvalue weighted by Crippen LogP contribution is -2.52. The lowest BCUT2D eigenvalue weighted by atomic mass is 10.2. The third-order valence-electron chi connectivity index (χ3n) is 5.68. The van der Waals surface area contributed by atoms with Gasteiger partial charge in [-0.25, -0.2) is 9.48 Å². The number of aromatic nitrogens is 3. The summed E-state index contributed by atoms with van der Waals surface area (Å²) in [7, 11) is 0. The van der Waals surface area contributed by atoms with E-state index >= 15 is 0 Å². The molecule has 9 heteroatoms. The Morgan fingerprint density at radius 1 is 1.07 bits per heavy atom. The Morgan fingerprint density at radius 2 is 1.82 bits per heavy atom. The molecule has 156 valence electrons. The maximum Gasteiger partial charge on any atom is 0.346 e. The highest BCUT2D eigenvalue weighted by Crippen LogP contribution is 2.10. The van der Waals surface area contributed by atoms with Gasteiger partial charge in [-0.2, -0.15) is 5.10 Å². The van der Waals surface area contributed by atoms with Crippen LogP contribution < -0.4 is 11.0 Å². The van der Waals surface area contributed by atoms with Gasteiger partial charge in [0.15, 0.2) is 0 Å². The van der Waals surface area contributed by atoms with Gasteiger partial charge in [0.25, 0.3) is 0 Å². The van der Waals surface area contributed by atoms with Gasteiger partial charge in [-0.05, 0) is 26.2 Å². The van der Waals surface area contributed by atoms with Gasteiger partial charge in [-0.15, -0.1) is 0 Å². The van der Waals surface area contributed by atoms with Crippen LogP contribution in [-0.4, -0.2) is 74.7 Å². The third-order valence-corrected chi connectivity index (χ3v) is 5.68. The van der Waals surface area contributed by atoms with Crippen LogP contribution >= 0.6 is 0 Å². The number of piperazine rings is 1. The Morgan fingerprint density at radius 3 is 2.54 bits per heavy atom. The van der Waals surface area contributed by atoms with Crippen LogP contribution in [0.25, 0.3) is 0 Å². The monoisotopic (exact) mass is 392 g/mol. The van der Waals surface area contributed by atoms with Crippen molar-refractivity contribution in [3.8, 4) is 0 Å². The number of fused-ring (bicyclic) bond motifs is 1. The molecule has 1 atom stereocenters. The lowest BCUT2D eigenvalue weighted by Gasteiger charge is -2.34. The third kappa shape index (κ3) is 5.01. The first-order valence-electron chi connectivity index (χ1n) is 10.4. The van der Waals surface area contributed by atoms with Crippen LogP contribution in [0.15, 0.2) is 4.79 Å². The van der Waals surface area contributed by atoms with Crippen molar-refractivity contribution in [2.45, 2.75) is 65.1 Å². The molecule has 0 radical (unpaired) electrons. The van der Waals surface area contributed by atoms with Crippen molar-refractivity contribution in [3.05, 3.63) is 16.3 Å². The van der Waals surface area contributed by atoms with Gasteiger partial charge in [0.2, 0.25) is 11.8 Å². The van der Waals surface area contributed by atoms with Crippen molar-refractivity contribution in [3.63, 3.8) is 0 Å². The first kappa shape index (κ1) is 20.6. The molecule has 1 fully saturated rings. The fraction of sp³-hybridized carbons (Fsp3) is 0.789. The molecule has 3 heterocycles. The average Bonchev–Trinajstić information content (AvgIpc) is 2.85. The zero-order valence-electron chi connectivity index (χ0n) is 17.0. The second-order valence-electron chi connectivity index (χ2n) is 7.85. The Labute approximate surface area is 165 Å². The minimum absolute atomic E-state index is 0.00661. The fourth-order valence-electron chi connectivity index (χ4n) is 3.74. The van der Waals surface area contributed by atoms with E-state index in [9.17, 15) is 14.4 Å². The maximum absolute atomic E-state index is 12.6. The largest absolute Gasteiger partial charge is 0.353 e. The van der Waals surface area contributed by atoms with Crippen molar-refractivity contribution in [1.82, 2.24) is 29.5 Å². The maximum atomic E-state index is 12.6. The normalized spacial score (nSPS) is 19.0. The number of hydrogen-bond acceptors (Lipinski definition) is 5. The van der Waals surface area contributed by atoms with Gasteiger partial charge in [0.05, 0.1) is 6.54 Å². The average molecular weight is 393 g/mol. The molecule has 0 saturated carbocycles. The van der Waals surface area contributed by atoms with Crippen molar-refractivity contribution in [2.75, 3.05) is 32.7 Å². The number of rotatable bonds is 6. The summed E-state index contributed by atoms with van der Waals surface area (Å²) in [5.41, 5.74) is -0.175. The summed E-state index contributed by atoms with van der Waals surface area (Å²) in [5, 5.41) is 7.36. The molecular formula is C19H32N6O3. The number of hydrogen-bond donors (Lipinski definition) is 1. The summed E-state index contributed by atoms with van der Waals surface area (Å²) in [6, 6.07) is 0.179. The second-order valence-corrected chi connectivity index (χ2v) is 7.85. The summed E-state index contributed by atoms with van der Waals surface area (Å²) in [4.78, 5) is 41.0. The van der Waals surface area contributed by atoms with Gasteiger partial charge < -0.3 is 10.2 Å². The van der Waals surface area contributed by atoms with E-state index in [0.717, 1.165) is 37.9 Å². The van der Waals surface area contributed by atoms with Gasteiger partial charge >= 0.3 is 5.69 Å². The predicted octanol–water partition coefficient (Wildman–Crippen LogP) is -0.170. The molecule has 9 nitrogen and oxygen atoms in total. The number of carbonyl (C=O) groups excluding carboxylic acids is 2. The SMILES string of the molecule is CCC(C)NC(=O)CN1CCN(C(=O)Cn2nc3n(c2=O)CCCCC3)CC1. The molecule has 2 amide bonds. The Bertz CT molecular complexity index is 747. The predicted molar refractivity (Wildman–Crippen MR) is 105 cm³/mol. The van der Waals surface area contributed by atoms with Gasteiger partial charge in [-0.3, -0.25) is 19.1 Å². The van der Waals surface area contributed by atoms with Gasteiger partial charge in [0.1, 0.15) is 12.4 Å². The molecule has 0 aliphatic carbocycles. The van der Waals surface area contributed by atoms with E-state index in [0.29, 0.717) is 39.3 Å². The summed E-state index contributed by atoms with van der Waals surface area (Å²) >= 11 is 0. The number of nitrogens with one attached hydrogen (secondary N) is 1. The molecule has 1 N–H and O–H groups in total. The molecule has 3 rings (SSSR count). The number of aryl methyl sites for hydroxylation is 1. The number of carbonyl (C=O) groups is 2. The van der Waals surface area contributed by atoms with E-state index in [4.69, 9.17) is 0 Å². The van der Waals surface area contributed by atoms with E-state index in [2.05, 4.69) is 15.3 Å². The van der Waals surface area contributed by atoms with Crippen LogP contribution in [0.4, 0.5) is 0 Å². The van der Waals surface area contributed by atoms with Crippen LogP contribution in [-0.2, 0) is 29.1 Å². The minimum Gasteiger partial charge on any atom is -0.353 e. The molecule has 2 aliphatic heterocycles. The summed E-state index contributed by atoms with van der Waals surface area (Å²) < 4.78 is 3.03. The van der Waals surface area contributed by atoms with E-state index in [1.165, 1.54) is 4.68 Å².